The highest BCUT2D eigenvalue weighted by atomic mass is 16.3. The molecule has 2 aromatic heterocycles. The Kier molecular flexibility index (Phi) is 10.1. The number of nitrogens with zero attached hydrogens (tertiary/aromatic N) is 3. The minimum atomic E-state index is -2.18. The summed E-state index contributed by atoms with van der Waals surface area (Å²) in [7, 11) is 0. The molecule has 63 heavy (non-hydrogen) atoms. The summed E-state index contributed by atoms with van der Waals surface area (Å²) in [4.78, 5) is 10.4. The van der Waals surface area contributed by atoms with E-state index in [1.54, 1.807) is 18.3 Å². The van der Waals surface area contributed by atoms with Gasteiger partial charge in [0.05, 0.1) is 22.3 Å². The molecule has 320 valence electrons. The largest absolute Gasteiger partial charge is 0.507 e. The topological polar surface area (TPSA) is 50.9 Å². The normalized spacial score (nSPS) is 13.8. The first-order valence-electron chi connectivity index (χ1n) is 24.7. The van der Waals surface area contributed by atoms with Crippen molar-refractivity contribution in [2.45, 2.75) is 112 Å². The van der Waals surface area contributed by atoms with E-state index >= 15 is 0 Å². The predicted octanol–water partition coefficient (Wildman–Crippen LogP) is 16.6. The Morgan fingerprint density at radius 2 is 1.25 bits per heavy atom. The average molecular weight is 835 g/mol. The van der Waals surface area contributed by atoms with Crippen molar-refractivity contribution in [2.75, 3.05) is 0 Å². The van der Waals surface area contributed by atoms with Gasteiger partial charge in [-0.05, 0) is 140 Å². The van der Waals surface area contributed by atoms with Crippen LogP contribution in [0.5, 0.6) is 5.75 Å². The molecule has 0 saturated carbocycles. The zero-order valence-electron chi connectivity index (χ0n) is 43.6. The average Bonchev–Trinajstić information content (AvgIpc) is 3.67. The van der Waals surface area contributed by atoms with Crippen molar-refractivity contribution >= 4 is 11.0 Å². The van der Waals surface area contributed by atoms with Crippen LogP contribution in [0, 0.1) is 6.85 Å². The minimum absolute atomic E-state index is 0.0659. The maximum Gasteiger partial charge on any atom is 0.149 e. The quantitative estimate of drug-likeness (QED) is 0.149. The maximum absolute atomic E-state index is 12.2. The Bertz CT molecular complexity index is 3130. The van der Waals surface area contributed by atoms with Crippen molar-refractivity contribution in [3.8, 4) is 67.5 Å². The monoisotopic (exact) mass is 835 g/mol. The molecular weight excluding hydrogens is 767 g/mol. The highest BCUT2D eigenvalue weighted by Crippen LogP contribution is 2.44. The van der Waals surface area contributed by atoms with Crippen LogP contribution in [0.4, 0.5) is 0 Å². The summed E-state index contributed by atoms with van der Waals surface area (Å²) in [6.07, 6.45) is 1.80. The number of pyridine rings is 1. The van der Waals surface area contributed by atoms with Crippen molar-refractivity contribution in [3.05, 3.63) is 167 Å². The van der Waals surface area contributed by atoms with Gasteiger partial charge in [-0.3, -0.25) is 9.55 Å². The number of imidazole rings is 1. The molecule has 0 atom stereocenters. The molecule has 0 aliphatic heterocycles. The van der Waals surface area contributed by atoms with Gasteiger partial charge in [0.15, 0.2) is 0 Å². The molecule has 6 aromatic carbocycles. The fourth-order valence-electron chi connectivity index (χ4n) is 8.67. The third kappa shape index (κ3) is 8.48. The molecule has 0 bridgehead atoms. The van der Waals surface area contributed by atoms with E-state index in [4.69, 9.17) is 16.8 Å². The van der Waals surface area contributed by atoms with Crippen LogP contribution in [0.1, 0.15) is 140 Å². The number of hydrogen-bond acceptors (Lipinski definition) is 3. The zero-order chi connectivity index (χ0) is 49.2. The molecule has 0 fully saturated rings. The summed E-state index contributed by atoms with van der Waals surface area (Å²) >= 11 is 0. The predicted molar refractivity (Wildman–Crippen MR) is 268 cm³/mol. The van der Waals surface area contributed by atoms with Crippen LogP contribution < -0.4 is 0 Å². The Balaban J connectivity index is 1.36. The van der Waals surface area contributed by atoms with Crippen LogP contribution in [-0.2, 0) is 5.41 Å². The Hall–Kier alpha value is -6.26. The smallest absolute Gasteiger partial charge is 0.149 e. The lowest BCUT2D eigenvalue weighted by molar-refractivity contribution is 0.466. The standard InChI is InChI=1S/C59H63N3O/c1-35(2)43-32-51(38(7)8)57(63)52(33-43)58-61-56-50(44-29-45(31-46(30-44)59(10,11)12)53-34-42(27-28-60-53)40-21-19-39(9)20-22-40)17-14-18-54(56)62(58)47-25-23-41(24-26-47)55-48(36(3)4)15-13-16-49(55)37(5)6/h13-38,63H,1-12H3/i9D3,36D,37D. The first-order chi connectivity index (χ1) is 31.8. The summed E-state index contributed by atoms with van der Waals surface area (Å²) in [5.41, 5.74) is 15.4. The minimum Gasteiger partial charge on any atom is -0.507 e. The van der Waals surface area contributed by atoms with E-state index in [1.165, 1.54) is 0 Å². The van der Waals surface area contributed by atoms with Crippen LogP contribution in [0.25, 0.3) is 72.7 Å². The molecule has 0 aliphatic rings. The van der Waals surface area contributed by atoms with Crippen LogP contribution in [0.3, 0.4) is 0 Å². The number of para-hydroxylation sites is 1. The van der Waals surface area contributed by atoms with Gasteiger partial charge in [0.2, 0.25) is 0 Å². The van der Waals surface area contributed by atoms with E-state index in [2.05, 4.69) is 132 Å². The fourth-order valence-corrected chi connectivity index (χ4v) is 8.67. The lowest BCUT2D eigenvalue weighted by Crippen LogP contribution is -2.11. The highest BCUT2D eigenvalue weighted by molar-refractivity contribution is 5.97. The zero-order valence-corrected chi connectivity index (χ0v) is 38.6. The number of aromatic hydroxyl groups is 1. The molecule has 0 aliphatic carbocycles. The molecule has 8 rings (SSSR count). The van der Waals surface area contributed by atoms with E-state index in [1.807, 2.05) is 64.1 Å². The van der Waals surface area contributed by atoms with Crippen LogP contribution in [0.2, 0.25) is 0 Å². The number of hydrogen-bond donors (Lipinski definition) is 1. The van der Waals surface area contributed by atoms with E-state index in [0.717, 1.165) is 89.2 Å². The van der Waals surface area contributed by atoms with E-state index in [0.29, 0.717) is 17.0 Å². The van der Waals surface area contributed by atoms with Gasteiger partial charge in [0.1, 0.15) is 11.6 Å². The van der Waals surface area contributed by atoms with Gasteiger partial charge in [-0.1, -0.05) is 161 Å². The summed E-state index contributed by atoms with van der Waals surface area (Å²) < 4.78 is 43.9. The highest BCUT2D eigenvalue weighted by Gasteiger charge is 2.25. The van der Waals surface area contributed by atoms with Gasteiger partial charge >= 0.3 is 0 Å². The molecule has 4 nitrogen and oxygen atoms in total. The van der Waals surface area contributed by atoms with Crippen LogP contribution >= 0.6 is 0 Å². The van der Waals surface area contributed by atoms with E-state index in [-0.39, 0.29) is 23.0 Å². The Labute approximate surface area is 382 Å². The second-order valence-corrected chi connectivity index (χ2v) is 19.1. The van der Waals surface area contributed by atoms with Crippen molar-refractivity contribution in [1.29, 1.82) is 0 Å². The van der Waals surface area contributed by atoms with Gasteiger partial charge in [-0.15, -0.1) is 0 Å². The number of phenolic OH excluding ortho intramolecular Hbond substituents is 1. The van der Waals surface area contributed by atoms with Crippen molar-refractivity contribution in [2.24, 2.45) is 0 Å². The number of benzene rings is 6. The fraction of sp³-hybridized carbons (Fsp3) is 0.288. The number of rotatable bonds is 10. The van der Waals surface area contributed by atoms with Crippen molar-refractivity contribution in [3.63, 3.8) is 0 Å². The lowest BCUT2D eigenvalue weighted by Gasteiger charge is -2.22. The lowest BCUT2D eigenvalue weighted by atomic mass is 9.83. The number of phenols is 1. The van der Waals surface area contributed by atoms with Gasteiger partial charge in [-0.25, -0.2) is 4.98 Å². The van der Waals surface area contributed by atoms with Crippen molar-refractivity contribution < 1.29 is 12.0 Å². The molecule has 0 amide bonds. The van der Waals surface area contributed by atoms with Crippen LogP contribution in [-0.4, -0.2) is 19.6 Å². The van der Waals surface area contributed by atoms with Gasteiger partial charge < -0.3 is 5.11 Å². The number of aromatic nitrogens is 3. The van der Waals surface area contributed by atoms with Crippen molar-refractivity contribution in [1.82, 2.24) is 14.5 Å². The summed E-state index contributed by atoms with van der Waals surface area (Å²) in [6, 6.07) is 42.4. The Morgan fingerprint density at radius 3 is 1.87 bits per heavy atom. The van der Waals surface area contributed by atoms with E-state index < -0.39 is 18.6 Å². The maximum atomic E-state index is 12.2. The molecule has 8 aromatic rings. The summed E-state index contributed by atoms with van der Waals surface area (Å²) in [5.74, 6) is -0.695. The van der Waals surface area contributed by atoms with Gasteiger partial charge in [0.25, 0.3) is 0 Å². The first kappa shape index (κ1) is 37.3. The molecule has 0 spiro atoms. The van der Waals surface area contributed by atoms with E-state index in [9.17, 15) is 5.11 Å². The molecule has 0 radical (unpaired) electrons. The molecule has 4 heteroatoms. The molecule has 1 N–H and O–H groups in total. The van der Waals surface area contributed by atoms with Gasteiger partial charge in [-0.2, -0.15) is 0 Å². The number of aryl methyl sites for hydroxylation is 1. The van der Waals surface area contributed by atoms with Gasteiger partial charge in [0, 0.05) is 29.9 Å². The summed E-state index contributed by atoms with van der Waals surface area (Å²) in [6.45, 7) is 20.6. The number of fused-ring (bicyclic) bond motifs is 1. The molecule has 0 unspecified atom stereocenters. The Morgan fingerprint density at radius 1 is 0.603 bits per heavy atom. The van der Waals surface area contributed by atoms with Crippen LogP contribution in [0.15, 0.2) is 134 Å². The second-order valence-electron chi connectivity index (χ2n) is 19.1. The SMILES string of the molecule is [2H]C([2H])([2H])c1ccc(-c2ccnc(-c3cc(-c4cccc5c4nc(-c4cc(C(C)C)cc(C(C)C)c4O)n5-c4ccc(-c5c(C([2H])(C)C)cccc5C([2H])(C)C)cc4)cc(C(C)(C)C)c3)c2)cc1. The molecular formula is C59H63N3O. The molecule has 0 saturated heterocycles. The molecule has 2 heterocycles. The third-order valence-corrected chi connectivity index (χ3v) is 12.3. The second kappa shape index (κ2) is 17.1. The third-order valence-electron chi connectivity index (χ3n) is 12.3. The first-order valence-corrected chi connectivity index (χ1v) is 22.2. The summed E-state index contributed by atoms with van der Waals surface area (Å²) in [5, 5.41) is 12.2.